The average molecular weight is 364 g/mol. The number of hydrogen-bond donors (Lipinski definition) is 1. The van der Waals surface area contributed by atoms with Gasteiger partial charge < -0.3 is 19.3 Å². The Morgan fingerprint density at radius 1 is 1.11 bits per heavy atom. The summed E-state index contributed by atoms with van der Waals surface area (Å²) in [7, 11) is 0. The minimum atomic E-state index is -0.0243. The van der Waals surface area contributed by atoms with Crippen molar-refractivity contribution in [2.45, 2.75) is 26.3 Å². The van der Waals surface area contributed by atoms with Gasteiger partial charge in [0.05, 0.1) is 0 Å². The lowest BCUT2D eigenvalue weighted by Gasteiger charge is -2.06. The van der Waals surface area contributed by atoms with Crippen LogP contribution in [-0.2, 0) is 17.8 Å². The summed E-state index contributed by atoms with van der Waals surface area (Å²) in [6.07, 6.45) is 2.55. The Kier molecular flexibility index (Phi) is 4.78. The second kappa shape index (κ2) is 7.53. The van der Waals surface area contributed by atoms with E-state index in [0.717, 1.165) is 28.1 Å². The van der Waals surface area contributed by atoms with E-state index in [2.05, 4.69) is 10.5 Å². The van der Waals surface area contributed by atoms with Crippen molar-refractivity contribution in [2.24, 2.45) is 0 Å². The van der Waals surface area contributed by atoms with Gasteiger partial charge in [-0.15, -0.1) is 0 Å². The van der Waals surface area contributed by atoms with E-state index >= 15 is 0 Å². The molecule has 0 bridgehead atoms. The predicted molar refractivity (Wildman–Crippen MR) is 99.4 cm³/mol. The molecule has 0 atom stereocenters. The molecule has 0 spiro atoms. The van der Waals surface area contributed by atoms with Gasteiger partial charge in [-0.3, -0.25) is 4.79 Å². The maximum Gasteiger partial charge on any atom is 0.231 e. The number of aromatic nitrogens is 1. The van der Waals surface area contributed by atoms with E-state index < -0.39 is 0 Å². The number of nitrogens with zero attached hydrogens (tertiary/aromatic N) is 1. The number of fused-ring (bicyclic) bond motifs is 1. The van der Waals surface area contributed by atoms with Gasteiger partial charge >= 0.3 is 0 Å². The number of hydrogen-bond acceptors (Lipinski definition) is 5. The standard InChI is InChI=1S/C21H20N2O4/c1-14-2-5-16(6-3-14)21-17(12-27-23-21)7-9-20(24)22-11-15-4-8-18-19(10-15)26-13-25-18/h2-6,8,10,12H,7,9,11,13H2,1H3,(H,22,24). The molecule has 27 heavy (non-hydrogen) atoms. The normalized spacial score (nSPS) is 12.2. The molecule has 1 amide bonds. The molecule has 0 unspecified atom stereocenters. The van der Waals surface area contributed by atoms with Gasteiger partial charge in [-0.2, -0.15) is 0 Å². The summed E-state index contributed by atoms with van der Waals surface area (Å²) in [5, 5.41) is 7.02. The van der Waals surface area contributed by atoms with Crippen molar-refractivity contribution >= 4 is 5.91 Å². The molecule has 3 aromatic rings. The topological polar surface area (TPSA) is 73.6 Å². The zero-order chi connectivity index (χ0) is 18.6. The Balaban J connectivity index is 1.32. The number of carbonyl (C=O) groups is 1. The molecule has 0 saturated carbocycles. The predicted octanol–water partition coefficient (Wildman–Crippen LogP) is 3.63. The second-order valence-electron chi connectivity index (χ2n) is 6.52. The Morgan fingerprint density at radius 3 is 2.78 bits per heavy atom. The molecule has 6 heteroatoms. The summed E-state index contributed by atoms with van der Waals surface area (Å²) >= 11 is 0. The summed E-state index contributed by atoms with van der Waals surface area (Å²) in [5.41, 5.74) is 4.87. The Hall–Kier alpha value is -3.28. The lowest BCUT2D eigenvalue weighted by molar-refractivity contribution is -0.121. The van der Waals surface area contributed by atoms with E-state index in [1.54, 1.807) is 6.26 Å². The van der Waals surface area contributed by atoms with Gasteiger partial charge in [0.1, 0.15) is 12.0 Å². The number of nitrogens with one attached hydrogen (secondary N) is 1. The van der Waals surface area contributed by atoms with Crippen molar-refractivity contribution in [2.75, 3.05) is 6.79 Å². The van der Waals surface area contributed by atoms with Crippen molar-refractivity contribution in [1.29, 1.82) is 0 Å². The fraction of sp³-hybridized carbons (Fsp3) is 0.238. The molecule has 138 valence electrons. The molecule has 1 N–H and O–H groups in total. The SMILES string of the molecule is Cc1ccc(-c2nocc2CCC(=O)NCc2ccc3c(c2)OCO3)cc1. The highest BCUT2D eigenvalue weighted by molar-refractivity contribution is 5.76. The number of rotatable bonds is 6. The van der Waals surface area contributed by atoms with Crippen molar-refractivity contribution in [1.82, 2.24) is 10.5 Å². The first kappa shape index (κ1) is 17.1. The molecule has 2 heterocycles. The number of ether oxygens (including phenoxy) is 2. The molecule has 1 aliphatic heterocycles. The monoisotopic (exact) mass is 364 g/mol. The molecule has 0 aliphatic carbocycles. The smallest absolute Gasteiger partial charge is 0.231 e. The maximum atomic E-state index is 12.2. The van der Waals surface area contributed by atoms with E-state index in [-0.39, 0.29) is 12.7 Å². The van der Waals surface area contributed by atoms with E-state index in [0.29, 0.717) is 25.1 Å². The van der Waals surface area contributed by atoms with Gasteiger partial charge in [0.15, 0.2) is 11.5 Å². The third-order valence-electron chi connectivity index (χ3n) is 4.52. The summed E-state index contributed by atoms with van der Waals surface area (Å²) in [4.78, 5) is 12.2. The van der Waals surface area contributed by atoms with Gasteiger partial charge in [0.25, 0.3) is 0 Å². The lowest BCUT2D eigenvalue weighted by Crippen LogP contribution is -2.23. The van der Waals surface area contributed by atoms with Crippen LogP contribution in [0.25, 0.3) is 11.3 Å². The summed E-state index contributed by atoms with van der Waals surface area (Å²) in [6.45, 7) is 2.73. The van der Waals surface area contributed by atoms with Crippen LogP contribution in [0.4, 0.5) is 0 Å². The highest BCUT2D eigenvalue weighted by Gasteiger charge is 2.14. The number of benzene rings is 2. The van der Waals surface area contributed by atoms with Crippen molar-refractivity contribution in [3.05, 3.63) is 65.4 Å². The Morgan fingerprint density at radius 2 is 1.93 bits per heavy atom. The number of aryl methyl sites for hydroxylation is 2. The molecule has 1 aliphatic rings. The van der Waals surface area contributed by atoms with Gasteiger partial charge in [0, 0.05) is 24.1 Å². The van der Waals surface area contributed by atoms with Gasteiger partial charge in [-0.05, 0) is 31.0 Å². The minimum absolute atomic E-state index is 0.0243. The molecule has 6 nitrogen and oxygen atoms in total. The zero-order valence-corrected chi connectivity index (χ0v) is 15.0. The molecule has 0 saturated heterocycles. The Labute approximate surface area is 157 Å². The van der Waals surface area contributed by atoms with Crippen LogP contribution >= 0.6 is 0 Å². The van der Waals surface area contributed by atoms with Crippen LogP contribution in [0, 0.1) is 6.92 Å². The maximum absolute atomic E-state index is 12.2. The number of amides is 1. The summed E-state index contributed by atoms with van der Waals surface area (Å²) in [6, 6.07) is 13.8. The summed E-state index contributed by atoms with van der Waals surface area (Å²) in [5.74, 6) is 1.43. The quantitative estimate of drug-likeness (QED) is 0.723. The third kappa shape index (κ3) is 3.95. The van der Waals surface area contributed by atoms with Gasteiger partial charge in [-0.25, -0.2) is 0 Å². The first-order valence-electron chi connectivity index (χ1n) is 8.84. The van der Waals surface area contributed by atoms with Crippen LogP contribution < -0.4 is 14.8 Å². The van der Waals surface area contributed by atoms with Crippen LogP contribution in [0.1, 0.15) is 23.1 Å². The van der Waals surface area contributed by atoms with Crippen molar-refractivity contribution < 1.29 is 18.8 Å². The molecular weight excluding hydrogens is 344 g/mol. The van der Waals surface area contributed by atoms with E-state index in [1.165, 1.54) is 5.56 Å². The van der Waals surface area contributed by atoms with Crippen LogP contribution in [0.3, 0.4) is 0 Å². The van der Waals surface area contributed by atoms with Crippen LogP contribution in [0.15, 0.2) is 53.3 Å². The van der Waals surface area contributed by atoms with Gasteiger partial charge in [0.2, 0.25) is 12.7 Å². The molecule has 0 radical (unpaired) electrons. The van der Waals surface area contributed by atoms with Crippen LogP contribution in [0.5, 0.6) is 11.5 Å². The van der Waals surface area contributed by atoms with Crippen molar-refractivity contribution in [3.63, 3.8) is 0 Å². The molecular formula is C21H20N2O4. The van der Waals surface area contributed by atoms with Crippen LogP contribution in [0.2, 0.25) is 0 Å². The highest BCUT2D eigenvalue weighted by atomic mass is 16.7. The first-order valence-corrected chi connectivity index (χ1v) is 8.84. The van der Waals surface area contributed by atoms with E-state index in [1.807, 2.05) is 49.4 Å². The zero-order valence-electron chi connectivity index (χ0n) is 15.0. The second-order valence-corrected chi connectivity index (χ2v) is 6.52. The fourth-order valence-corrected chi connectivity index (χ4v) is 2.97. The van der Waals surface area contributed by atoms with Crippen LogP contribution in [-0.4, -0.2) is 17.9 Å². The number of carbonyl (C=O) groups excluding carboxylic acids is 1. The van der Waals surface area contributed by atoms with E-state index in [4.69, 9.17) is 14.0 Å². The summed E-state index contributed by atoms with van der Waals surface area (Å²) < 4.78 is 15.8. The molecule has 0 fully saturated rings. The Bertz CT molecular complexity index is 947. The van der Waals surface area contributed by atoms with Gasteiger partial charge in [-0.1, -0.05) is 41.1 Å². The van der Waals surface area contributed by atoms with Crippen molar-refractivity contribution in [3.8, 4) is 22.8 Å². The first-order chi connectivity index (χ1) is 13.2. The third-order valence-corrected chi connectivity index (χ3v) is 4.52. The molecule has 2 aromatic carbocycles. The fourth-order valence-electron chi connectivity index (χ4n) is 2.97. The molecule has 1 aromatic heterocycles. The highest BCUT2D eigenvalue weighted by Crippen LogP contribution is 2.32. The molecule has 4 rings (SSSR count). The minimum Gasteiger partial charge on any atom is -0.454 e. The average Bonchev–Trinajstić information content (AvgIpc) is 3.34. The largest absolute Gasteiger partial charge is 0.454 e. The van der Waals surface area contributed by atoms with E-state index in [9.17, 15) is 4.79 Å². The lowest BCUT2D eigenvalue weighted by atomic mass is 10.0.